The Morgan fingerprint density at radius 2 is 1.69 bits per heavy atom. The van der Waals surface area contributed by atoms with Gasteiger partial charge < -0.3 is 4.90 Å². The lowest BCUT2D eigenvalue weighted by Crippen LogP contribution is -2.48. The van der Waals surface area contributed by atoms with E-state index in [9.17, 15) is 0 Å². The van der Waals surface area contributed by atoms with Crippen LogP contribution in [0.25, 0.3) is 10.8 Å². The van der Waals surface area contributed by atoms with Gasteiger partial charge in [0.2, 0.25) is 0 Å². The zero-order valence-corrected chi connectivity index (χ0v) is 9.66. The Bertz CT molecular complexity index is 547. The molecule has 0 aliphatic carbocycles. The smallest absolute Gasteiger partial charge is 0.195 e. The van der Waals surface area contributed by atoms with E-state index in [4.69, 9.17) is 18.1 Å². The molecule has 0 aromatic heterocycles. The zero-order chi connectivity index (χ0) is 11.3. The molecule has 0 unspecified atom stereocenters. The van der Waals surface area contributed by atoms with E-state index >= 15 is 0 Å². The van der Waals surface area contributed by atoms with Crippen LogP contribution >= 0.6 is 12.2 Å². The molecule has 2 aromatic rings. The predicted molar refractivity (Wildman–Crippen MR) is 71.6 cm³/mol. The maximum Gasteiger partial charge on any atom is 0.195 e. The van der Waals surface area contributed by atoms with Crippen molar-refractivity contribution in [1.29, 1.82) is 0 Å². The quantitative estimate of drug-likeness (QED) is 0.555. The van der Waals surface area contributed by atoms with Gasteiger partial charge in [0.25, 0.3) is 0 Å². The van der Waals surface area contributed by atoms with E-state index < -0.39 is 0 Å². The van der Waals surface area contributed by atoms with Crippen molar-refractivity contribution >= 4 is 39.5 Å². The van der Waals surface area contributed by atoms with Crippen LogP contribution in [0.5, 0.6) is 0 Å². The Morgan fingerprint density at radius 1 is 1.06 bits per heavy atom. The first kappa shape index (κ1) is 9.57. The maximum absolute atomic E-state index is 5.99. The van der Waals surface area contributed by atoms with Crippen LogP contribution in [0.3, 0.4) is 0 Å². The number of nitrogens with two attached hydrogens (primary N) is 1. The summed E-state index contributed by atoms with van der Waals surface area (Å²) in [6.45, 7) is 0. The van der Waals surface area contributed by atoms with Crippen LogP contribution in [0.4, 0.5) is 11.4 Å². The Balaban J connectivity index is 2.47. The highest BCUT2D eigenvalue weighted by Gasteiger charge is 2.24. The summed E-state index contributed by atoms with van der Waals surface area (Å²) in [5, 5.41) is 4.51. The third-order valence-electron chi connectivity index (χ3n) is 2.97. The van der Waals surface area contributed by atoms with Gasteiger partial charge in [-0.1, -0.05) is 24.3 Å². The Morgan fingerprint density at radius 3 is 2.38 bits per heavy atom. The number of benzene rings is 2. The van der Waals surface area contributed by atoms with Crippen molar-refractivity contribution < 1.29 is 0 Å². The van der Waals surface area contributed by atoms with Crippen molar-refractivity contribution in [3.8, 4) is 0 Å². The fraction of sp³-hybridized carbons (Fsp3) is 0.0833. The topological polar surface area (TPSA) is 32.5 Å². The minimum Gasteiger partial charge on any atom is -0.320 e. The monoisotopic (exact) mass is 229 g/mol. The number of hydrogen-bond acceptors (Lipinski definition) is 2. The molecule has 16 heavy (non-hydrogen) atoms. The highest BCUT2D eigenvalue weighted by atomic mass is 32.1. The lowest BCUT2D eigenvalue weighted by molar-refractivity contribution is 1.09. The molecule has 0 fully saturated rings. The molecule has 0 saturated heterocycles. The molecule has 80 valence electrons. The predicted octanol–water partition coefficient (Wildman–Crippen LogP) is 2.25. The van der Waals surface area contributed by atoms with Crippen LogP contribution in [0.2, 0.25) is 0 Å². The van der Waals surface area contributed by atoms with Crippen molar-refractivity contribution in [3.63, 3.8) is 0 Å². The highest BCUT2D eigenvalue weighted by molar-refractivity contribution is 7.80. The standard InChI is InChI=1S/C12H11N3S/c1-14-9-6-2-4-8-5-3-7-10(11(8)9)15(13)12(14)16/h2-7H,13H2,1H3. The minimum absolute atomic E-state index is 0.617. The molecule has 1 aliphatic heterocycles. The maximum atomic E-state index is 5.99. The molecular formula is C12H11N3S. The van der Waals surface area contributed by atoms with Crippen molar-refractivity contribution in [2.45, 2.75) is 0 Å². The Hall–Kier alpha value is -1.65. The van der Waals surface area contributed by atoms with Gasteiger partial charge in [-0.15, -0.1) is 0 Å². The van der Waals surface area contributed by atoms with Gasteiger partial charge in [0.1, 0.15) is 0 Å². The molecular weight excluding hydrogens is 218 g/mol. The molecule has 2 N–H and O–H groups in total. The van der Waals surface area contributed by atoms with Crippen LogP contribution in [-0.4, -0.2) is 12.2 Å². The summed E-state index contributed by atoms with van der Waals surface area (Å²) in [4.78, 5) is 1.94. The number of anilines is 2. The minimum atomic E-state index is 0.617. The molecule has 1 aliphatic rings. The third kappa shape index (κ3) is 1.08. The molecule has 3 rings (SSSR count). The van der Waals surface area contributed by atoms with E-state index in [1.165, 1.54) is 5.39 Å². The number of hydrogen-bond donors (Lipinski definition) is 1. The Labute approximate surface area is 99.0 Å². The largest absolute Gasteiger partial charge is 0.320 e. The summed E-state index contributed by atoms with van der Waals surface area (Å²) in [5.41, 5.74) is 2.08. The second-order valence-corrected chi connectivity index (χ2v) is 4.23. The van der Waals surface area contributed by atoms with E-state index in [1.54, 1.807) is 5.01 Å². The van der Waals surface area contributed by atoms with E-state index in [1.807, 2.05) is 30.1 Å². The summed E-state index contributed by atoms with van der Waals surface area (Å²) < 4.78 is 0. The van der Waals surface area contributed by atoms with E-state index in [0.29, 0.717) is 5.11 Å². The van der Waals surface area contributed by atoms with Crippen LogP contribution in [0.15, 0.2) is 36.4 Å². The van der Waals surface area contributed by atoms with Crippen LogP contribution < -0.4 is 15.8 Å². The van der Waals surface area contributed by atoms with Gasteiger partial charge in [-0.2, -0.15) is 0 Å². The van der Waals surface area contributed by atoms with Crippen LogP contribution in [0.1, 0.15) is 0 Å². The third-order valence-corrected chi connectivity index (χ3v) is 3.45. The van der Waals surface area contributed by atoms with Crippen molar-refractivity contribution in [3.05, 3.63) is 36.4 Å². The first-order valence-electron chi connectivity index (χ1n) is 5.04. The first-order valence-corrected chi connectivity index (χ1v) is 5.45. The first-order chi connectivity index (χ1) is 7.70. The fourth-order valence-electron chi connectivity index (χ4n) is 2.15. The molecule has 0 bridgehead atoms. The number of thiocarbonyl (C=S) groups is 1. The molecule has 3 nitrogen and oxygen atoms in total. The van der Waals surface area contributed by atoms with Crippen molar-refractivity contribution in [2.75, 3.05) is 17.0 Å². The number of nitrogens with zero attached hydrogens (tertiary/aromatic N) is 2. The lowest BCUT2D eigenvalue weighted by atomic mass is 10.0. The van der Waals surface area contributed by atoms with Gasteiger partial charge in [-0.25, -0.2) is 5.84 Å². The second-order valence-electron chi connectivity index (χ2n) is 3.86. The summed E-state index contributed by atoms with van der Waals surface area (Å²) >= 11 is 5.30. The molecule has 0 spiro atoms. The molecule has 1 heterocycles. The second kappa shape index (κ2) is 3.17. The van der Waals surface area contributed by atoms with Gasteiger partial charge in [-0.3, -0.25) is 5.01 Å². The number of rotatable bonds is 0. The summed E-state index contributed by atoms with van der Waals surface area (Å²) in [7, 11) is 1.94. The van der Waals surface area contributed by atoms with E-state index in [0.717, 1.165) is 16.8 Å². The molecule has 0 saturated carbocycles. The molecule has 4 heteroatoms. The molecule has 2 aromatic carbocycles. The summed E-state index contributed by atoms with van der Waals surface area (Å²) in [5.74, 6) is 5.99. The van der Waals surface area contributed by atoms with Crippen molar-refractivity contribution in [2.24, 2.45) is 5.84 Å². The van der Waals surface area contributed by atoms with Crippen LogP contribution in [-0.2, 0) is 0 Å². The SMILES string of the molecule is CN1C(=S)N(N)c2cccc3cccc1c23. The van der Waals surface area contributed by atoms with Crippen LogP contribution in [0, 0.1) is 0 Å². The van der Waals surface area contributed by atoms with Gasteiger partial charge in [0.05, 0.1) is 11.4 Å². The number of hydrazine groups is 1. The van der Waals surface area contributed by atoms with Gasteiger partial charge >= 0.3 is 0 Å². The average Bonchev–Trinajstić information content (AvgIpc) is 2.33. The molecule has 0 amide bonds. The van der Waals surface area contributed by atoms with Crippen molar-refractivity contribution in [1.82, 2.24) is 0 Å². The lowest BCUT2D eigenvalue weighted by Gasteiger charge is -2.34. The fourth-order valence-corrected chi connectivity index (χ4v) is 2.35. The van der Waals surface area contributed by atoms with Gasteiger partial charge in [0, 0.05) is 12.4 Å². The average molecular weight is 229 g/mol. The normalized spacial score (nSPS) is 14.8. The zero-order valence-electron chi connectivity index (χ0n) is 8.84. The van der Waals surface area contributed by atoms with Gasteiger partial charge in [-0.05, 0) is 29.7 Å². The molecule has 0 atom stereocenters. The summed E-state index contributed by atoms with van der Waals surface area (Å²) in [6, 6.07) is 12.2. The van der Waals surface area contributed by atoms with E-state index in [2.05, 4.69) is 18.2 Å². The highest BCUT2D eigenvalue weighted by Crippen LogP contribution is 2.37. The Kier molecular flexibility index (Phi) is 1.89. The van der Waals surface area contributed by atoms with Gasteiger partial charge in [0.15, 0.2) is 5.11 Å². The van der Waals surface area contributed by atoms with E-state index in [-0.39, 0.29) is 0 Å². The molecule has 0 radical (unpaired) electrons. The summed E-state index contributed by atoms with van der Waals surface area (Å²) in [6.07, 6.45) is 0.